The first kappa shape index (κ1) is 23.1. The van der Waals surface area contributed by atoms with Gasteiger partial charge < -0.3 is 4.90 Å². The van der Waals surface area contributed by atoms with Crippen LogP contribution in [-0.4, -0.2) is 34.7 Å². The molecule has 0 amide bonds. The number of halogens is 3. The molecule has 1 N–H and O–H groups in total. The number of rotatable bonds is 6. The molecule has 1 aromatic heterocycles. The van der Waals surface area contributed by atoms with Gasteiger partial charge in [-0.2, -0.15) is 5.10 Å². The Bertz CT molecular complexity index is 1220. The molecule has 0 aliphatic carbocycles. The molecule has 0 unspecified atom stereocenters. The van der Waals surface area contributed by atoms with Crippen LogP contribution in [0.2, 0.25) is 10.0 Å². The third kappa shape index (κ3) is 5.35. The third-order valence-electron chi connectivity index (χ3n) is 6.76. The summed E-state index contributed by atoms with van der Waals surface area (Å²) < 4.78 is 13.7. The number of hydrogen-bond acceptors (Lipinski definition) is 2. The number of nitrogens with one attached hydrogen (secondary N) is 1. The number of nitrogens with zero attached hydrogens (tertiary/aromatic N) is 2. The van der Waals surface area contributed by atoms with Crippen molar-refractivity contribution in [2.45, 2.75) is 24.7 Å². The summed E-state index contributed by atoms with van der Waals surface area (Å²) in [7, 11) is 0. The Balaban J connectivity index is 1.35. The number of aromatic nitrogens is 2. The number of hydrogen-bond donors (Lipinski definition) is 1. The van der Waals surface area contributed by atoms with Crippen LogP contribution in [0, 0.1) is 5.82 Å². The summed E-state index contributed by atoms with van der Waals surface area (Å²) in [5, 5.41) is 9.35. The first-order valence-electron chi connectivity index (χ1n) is 11.6. The Hall–Kier alpha value is -2.66. The summed E-state index contributed by atoms with van der Waals surface area (Å²) in [6.07, 6.45) is 1.98. The summed E-state index contributed by atoms with van der Waals surface area (Å²) in [5.41, 5.74) is 5.51. The lowest BCUT2D eigenvalue weighted by Crippen LogP contribution is -2.39. The minimum Gasteiger partial charge on any atom is -0.302 e. The van der Waals surface area contributed by atoms with Crippen molar-refractivity contribution in [1.82, 2.24) is 15.1 Å². The van der Waals surface area contributed by atoms with E-state index in [4.69, 9.17) is 23.2 Å². The van der Waals surface area contributed by atoms with Crippen molar-refractivity contribution < 1.29 is 4.39 Å². The molecule has 5 rings (SSSR count). The van der Waals surface area contributed by atoms with Crippen molar-refractivity contribution in [3.63, 3.8) is 0 Å². The zero-order chi connectivity index (χ0) is 23.5. The lowest BCUT2D eigenvalue weighted by atomic mass is 9.78. The Labute approximate surface area is 209 Å². The number of aromatic amines is 1. The molecule has 1 aliphatic heterocycles. The molecule has 6 heteroatoms. The Morgan fingerprint density at radius 3 is 2.26 bits per heavy atom. The molecule has 3 aromatic carbocycles. The Morgan fingerprint density at radius 1 is 0.882 bits per heavy atom. The molecule has 0 radical (unpaired) electrons. The molecular formula is C28H26Cl2FN3. The van der Waals surface area contributed by atoms with E-state index >= 15 is 0 Å². The van der Waals surface area contributed by atoms with E-state index in [1.165, 1.54) is 5.56 Å². The molecule has 0 spiro atoms. The van der Waals surface area contributed by atoms with Crippen LogP contribution >= 0.6 is 23.2 Å². The van der Waals surface area contributed by atoms with Crippen LogP contribution in [-0.2, 0) is 6.42 Å². The second kappa shape index (κ2) is 10.3. The molecule has 0 bridgehead atoms. The average Bonchev–Trinajstić information content (AvgIpc) is 3.35. The maximum absolute atomic E-state index is 13.7. The lowest BCUT2D eigenvalue weighted by molar-refractivity contribution is 0.189. The molecule has 174 valence electrons. The van der Waals surface area contributed by atoms with Crippen LogP contribution in [0.4, 0.5) is 4.39 Å². The highest BCUT2D eigenvalue weighted by atomic mass is 35.5. The number of H-pyrrole nitrogens is 1. The van der Waals surface area contributed by atoms with E-state index < -0.39 is 0 Å². The minimum atomic E-state index is -0.206. The monoisotopic (exact) mass is 493 g/mol. The van der Waals surface area contributed by atoms with Crippen LogP contribution in [0.25, 0.3) is 11.3 Å². The molecule has 1 aliphatic rings. The molecule has 1 saturated heterocycles. The van der Waals surface area contributed by atoms with E-state index in [1.54, 1.807) is 12.1 Å². The fourth-order valence-electron chi connectivity index (χ4n) is 4.88. The zero-order valence-electron chi connectivity index (χ0n) is 18.7. The van der Waals surface area contributed by atoms with E-state index in [9.17, 15) is 4.39 Å². The highest BCUT2D eigenvalue weighted by molar-refractivity contribution is 6.30. The van der Waals surface area contributed by atoms with Crippen LogP contribution in [0.15, 0.2) is 78.9 Å². The van der Waals surface area contributed by atoms with Gasteiger partial charge in [0, 0.05) is 46.2 Å². The van der Waals surface area contributed by atoms with Gasteiger partial charge in [-0.25, -0.2) is 4.39 Å². The van der Waals surface area contributed by atoms with Gasteiger partial charge in [0.05, 0.1) is 5.69 Å². The summed E-state index contributed by atoms with van der Waals surface area (Å²) in [6.45, 7) is 2.90. The van der Waals surface area contributed by atoms with Gasteiger partial charge in [-0.15, -0.1) is 0 Å². The summed E-state index contributed by atoms with van der Waals surface area (Å²) in [5.74, 6) is 0.325. The van der Waals surface area contributed by atoms with Crippen molar-refractivity contribution in [3.8, 4) is 11.3 Å². The highest BCUT2D eigenvalue weighted by Gasteiger charge is 2.32. The van der Waals surface area contributed by atoms with E-state index in [2.05, 4.69) is 33.3 Å². The van der Waals surface area contributed by atoms with Crippen molar-refractivity contribution in [3.05, 3.63) is 112 Å². The van der Waals surface area contributed by atoms with Crippen LogP contribution in [0.5, 0.6) is 0 Å². The first-order chi connectivity index (χ1) is 16.5. The van der Waals surface area contributed by atoms with Gasteiger partial charge in [-0.1, -0.05) is 59.6 Å². The number of likely N-dealkylation sites (tertiary alicyclic amines) is 1. The standard InChI is InChI=1S/C28H26Cl2FN3/c29-22-7-1-19(2-8-22)13-15-34-16-14-25(26(18-34)20-5-11-24(31)12-6-20)28-17-27(32-33-28)21-3-9-23(30)10-4-21/h1-12,17,25-26H,13-16,18H2,(H,32,33)/t25-,26+/m1/s1. The molecule has 0 saturated carbocycles. The average molecular weight is 494 g/mol. The quantitative estimate of drug-likeness (QED) is 0.304. The van der Waals surface area contributed by atoms with Gasteiger partial charge in [0.1, 0.15) is 5.82 Å². The van der Waals surface area contributed by atoms with Crippen molar-refractivity contribution >= 4 is 23.2 Å². The van der Waals surface area contributed by atoms with Gasteiger partial charge in [-0.3, -0.25) is 5.10 Å². The Kier molecular flexibility index (Phi) is 7.00. The van der Waals surface area contributed by atoms with Gasteiger partial charge in [0.2, 0.25) is 0 Å². The zero-order valence-corrected chi connectivity index (χ0v) is 20.2. The van der Waals surface area contributed by atoms with Crippen LogP contribution in [0.1, 0.15) is 35.1 Å². The maximum Gasteiger partial charge on any atom is 0.123 e. The largest absolute Gasteiger partial charge is 0.302 e. The normalized spacial score (nSPS) is 18.8. The van der Waals surface area contributed by atoms with Crippen molar-refractivity contribution in [1.29, 1.82) is 0 Å². The smallest absolute Gasteiger partial charge is 0.123 e. The predicted molar refractivity (Wildman–Crippen MR) is 137 cm³/mol. The number of piperidine rings is 1. The topological polar surface area (TPSA) is 31.9 Å². The molecule has 3 nitrogen and oxygen atoms in total. The first-order valence-corrected chi connectivity index (χ1v) is 12.3. The summed E-state index contributed by atoms with van der Waals surface area (Å²) in [6, 6.07) is 24.9. The fraction of sp³-hybridized carbons (Fsp3) is 0.250. The Morgan fingerprint density at radius 2 is 1.56 bits per heavy atom. The SMILES string of the molecule is Fc1ccc([C@@H]2CN(CCc3ccc(Cl)cc3)CC[C@H]2c2cc(-c3ccc(Cl)cc3)n[nH]2)cc1. The molecule has 2 atom stereocenters. The lowest BCUT2D eigenvalue weighted by Gasteiger charge is -2.38. The molecule has 2 heterocycles. The second-order valence-electron chi connectivity index (χ2n) is 8.95. The highest BCUT2D eigenvalue weighted by Crippen LogP contribution is 2.40. The van der Waals surface area contributed by atoms with E-state index in [1.807, 2.05) is 48.5 Å². The van der Waals surface area contributed by atoms with Crippen molar-refractivity contribution in [2.75, 3.05) is 19.6 Å². The van der Waals surface area contributed by atoms with Crippen molar-refractivity contribution in [2.24, 2.45) is 0 Å². The van der Waals surface area contributed by atoms with Gasteiger partial charge in [0.15, 0.2) is 0 Å². The van der Waals surface area contributed by atoms with E-state index in [0.29, 0.717) is 5.02 Å². The van der Waals surface area contributed by atoms with Gasteiger partial charge in [-0.05, 0) is 73.0 Å². The van der Waals surface area contributed by atoms with E-state index in [-0.39, 0.29) is 17.7 Å². The molecule has 4 aromatic rings. The van der Waals surface area contributed by atoms with Crippen LogP contribution in [0.3, 0.4) is 0 Å². The van der Waals surface area contributed by atoms with Crippen LogP contribution < -0.4 is 0 Å². The van der Waals surface area contributed by atoms with E-state index in [0.717, 1.165) is 60.0 Å². The summed E-state index contributed by atoms with van der Waals surface area (Å²) >= 11 is 12.1. The fourth-order valence-corrected chi connectivity index (χ4v) is 5.13. The number of benzene rings is 3. The second-order valence-corrected chi connectivity index (χ2v) is 9.82. The maximum atomic E-state index is 13.7. The molecule has 1 fully saturated rings. The van der Waals surface area contributed by atoms with Gasteiger partial charge >= 0.3 is 0 Å². The summed E-state index contributed by atoms with van der Waals surface area (Å²) in [4.78, 5) is 2.51. The predicted octanol–water partition coefficient (Wildman–Crippen LogP) is 7.34. The third-order valence-corrected chi connectivity index (χ3v) is 7.27. The molecular weight excluding hydrogens is 468 g/mol. The molecule has 34 heavy (non-hydrogen) atoms. The minimum absolute atomic E-state index is 0.206. The van der Waals surface area contributed by atoms with Gasteiger partial charge in [0.25, 0.3) is 0 Å².